The predicted molar refractivity (Wildman–Crippen MR) is 73.9 cm³/mol. The Morgan fingerprint density at radius 1 is 1.26 bits per heavy atom. The highest BCUT2D eigenvalue weighted by molar-refractivity contribution is 5.84. The molecule has 0 spiro atoms. The van der Waals surface area contributed by atoms with Crippen molar-refractivity contribution in [1.29, 1.82) is 0 Å². The van der Waals surface area contributed by atoms with Gasteiger partial charge in [0.2, 0.25) is 5.91 Å². The van der Waals surface area contributed by atoms with Crippen LogP contribution in [0, 0.1) is 12.3 Å². The van der Waals surface area contributed by atoms with Crippen LogP contribution >= 0.6 is 0 Å². The summed E-state index contributed by atoms with van der Waals surface area (Å²) in [6.07, 6.45) is 0.752. The van der Waals surface area contributed by atoms with Crippen LogP contribution in [-0.4, -0.2) is 23.5 Å². The van der Waals surface area contributed by atoms with Gasteiger partial charge >= 0.3 is 5.97 Å². The maximum Gasteiger partial charge on any atom is 0.309 e. The number of benzene rings is 1. The van der Waals surface area contributed by atoms with Crippen LogP contribution in [0.1, 0.15) is 31.4 Å². The van der Waals surface area contributed by atoms with Gasteiger partial charge in [0.05, 0.1) is 5.41 Å². The first-order valence-corrected chi connectivity index (χ1v) is 6.37. The molecule has 1 rings (SSSR count). The summed E-state index contributed by atoms with van der Waals surface area (Å²) in [5, 5.41) is 11.7. The van der Waals surface area contributed by atoms with E-state index in [9.17, 15) is 9.59 Å². The zero-order valence-corrected chi connectivity index (χ0v) is 11.7. The second-order valence-electron chi connectivity index (χ2n) is 5.39. The molecule has 0 atom stereocenters. The summed E-state index contributed by atoms with van der Waals surface area (Å²) in [4.78, 5) is 22.6. The number of aliphatic carboxylic acids is 1. The number of nitrogens with one attached hydrogen (secondary N) is 1. The average Bonchev–Trinajstić information content (AvgIpc) is 2.30. The molecule has 0 saturated heterocycles. The van der Waals surface area contributed by atoms with Crippen molar-refractivity contribution in [3.63, 3.8) is 0 Å². The van der Waals surface area contributed by atoms with Gasteiger partial charge in [0.25, 0.3) is 0 Å². The second-order valence-corrected chi connectivity index (χ2v) is 5.39. The first kappa shape index (κ1) is 15.2. The summed E-state index contributed by atoms with van der Waals surface area (Å²) >= 11 is 0. The third-order valence-electron chi connectivity index (χ3n) is 3.16. The number of carboxylic acid groups (broad SMARTS) is 1. The van der Waals surface area contributed by atoms with Gasteiger partial charge in [-0.15, -0.1) is 0 Å². The molecular weight excluding hydrogens is 242 g/mol. The van der Waals surface area contributed by atoms with E-state index in [-0.39, 0.29) is 12.3 Å². The summed E-state index contributed by atoms with van der Waals surface area (Å²) < 4.78 is 0. The van der Waals surface area contributed by atoms with Gasteiger partial charge in [-0.3, -0.25) is 9.59 Å². The van der Waals surface area contributed by atoms with Crippen molar-refractivity contribution in [3.8, 4) is 0 Å². The van der Waals surface area contributed by atoms with E-state index >= 15 is 0 Å². The number of amides is 1. The Hall–Kier alpha value is -1.84. The van der Waals surface area contributed by atoms with Crippen LogP contribution in [0.4, 0.5) is 0 Å². The summed E-state index contributed by atoms with van der Waals surface area (Å²) in [6.45, 7) is 5.66. The first-order chi connectivity index (χ1) is 8.83. The maximum absolute atomic E-state index is 11.7. The molecule has 0 saturated carbocycles. The van der Waals surface area contributed by atoms with Crippen molar-refractivity contribution >= 4 is 11.9 Å². The van der Waals surface area contributed by atoms with E-state index in [2.05, 4.69) is 5.32 Å². The molecule has 0 radical (unpaired) electrons. The van der Waals surface area contributed by atoms with E-state index in [0.29, 0.717) is 6.54 Å². The molecule has 4 nitrogen and oxygen atoms in total. The average molecular weight is 263 g/mol. The molecule has 0 aromatic heterocycles. The largest absolute Gasteiger partial charge is 0.481 e. The number of carboxylic acids is 1. The molecule has 0 bridgehead atoms. The number of rotatable bonds is 6. The quantitative estimate of drug-likeness (QED) is 0.826. The standard InChI is InChI=1S/C15H21NO3/c1-11-6-4-5-7-12(11)8-9-16-13(17)10-15(2,3)14(18)19/h4-7H,8-10H2,1-3H3,(H,16,17)(H,18,19). The molecular formula is C15H21NO3. The normalized spacial score (nSPS) is 11.1. The van der Waals surface area contributed by atoms with Crippen LogP contribution < -0.4 is 5.32 Å². The third kappa shape index (κ3) is 4.73. The molecule has 1 aromatic rings. The number of carbonyl (C=O) groups is 2. The van der Waals surface area contributed by atoms with Crippen LogP contribution in [0.15, 0.2) is 24.3 Å². The monoisotopic (exact) mass is 263 g/mol. The van der Waals surface area contributed by atoms with Gasteiger partial charge in [-0.1, -0.05) is 24.3 Å². The molecule has 1 aromatic carbocycles. The molecule has 0 aliphatic rings. The van der Waals surface area contributed by atoms with Gasteiger partial charge < -0.3 is 10.4 Å². The fourth-order valence-corrected chi connectivity index (χ4v) is 1.77. The van der Waals surface area contributed by atoms with E-state index in [4.69, 9.17) is 5.11 Å². The molecule has 0 heterocycles. The molecule has 104 valence electrons. The summed E-state index contributed by atoms with van der Waals surface area (Å²) in [5.74, 6) is -1.18. The summed E-state index contributed by atoms with van der Waals surface area (Å²) in [5.41, 5.74) is 1.37. The van der Waals surface area contributed by atoms with Crippen molar-refractivity contribution in [1.82, 2.24) is 5.32 Å². The Bertz CT molecular complexity index is 466. The third-order valence-corrected chi connectivity index (χ3v) is 3.16. The fourth-order valence-electron chi connectivity index (χ4n) is 1.77. The molecule has 0 aliphatic heterocycles. The Morgan fingerprint density at radius 3 is 2.47 bits per heavy atom. The highest BCUT2D eigenvalue weighted by Crippen LogP contribution is 2.19. The minimum absolute atomic E-state index is 0.00386. The van der Waals surface area contributed by atoms with Gasteiger partial charge in [-0.05, 0) is 38.3 Å². The first-order valence-electron chi connectivity index (χ1n) is 6.37. The van der Waals surface area contributed by atoms with E-state index in [1.807, 2.05) is 31.2 Å². The van der Waals surface area contributed by atoms with Gasteiger partial charge in [0.1, 0.15) is 0 Å². The summed E-state index contributed by atoms with van der Waals surface area (Å²) in [6, 6.07) is 8.01. The number of aryl methyl sites for hydroxylation is 1. The lowest BCUT2D eigenvalue weighted by molar-refractivity contribution is -0.149. The van der Waals surface area contributed by atoms with Crippen molar-refractivity contribution < 1.29 is 14.7 Å². The number of hydrogen-bond acceptors (Lipinski definition) is 2. The SMILES string of the molecule is Cc1ccccc1CCNC(=O)CC(C)(C)C(=O)O. The van der Waals surface area contributed by atoms with E-state index in [1.54, 1.807) is 13.8 Å². The zero-order chi connectivity index (χ0) is 14.5. The van der Waals surface area contributed by atoms with Crippen LogP contribution in [0.2, 0.25) is 0 Å². The second kappa shape index (κ2) is 6.36. The Kier molecular flexibility index (Phi) is 5.10. The topological polar surface area (TPSA) is 66.4 Å². The maximum atomic E-state index is 11.7. The van der Waals surface area contributed by atoms with Gasteiger partial charge in [-0.25, -0.2) is 0 Å². The highest BCUT2D eigenvalue weighted by Gasteiger charge is 2.29. The zero-order valence-electron chi connectivity index (χ0n) is 11.7. The molecule has 19 heavy (non-hydrogen) atoms. The fraction of sp³-hybridized carbons (Fsp3) is 0.467. The van der Waals surface area contributed by atoms with Crippen LogP contribution in [0.5, 0.6) is 0 Å². The van der Waals surface area contributed by atoms with Gasteiger partial charge in [0, 0.05) is 13.0 Å². The Morgan fingerprint density at radius 2 is 1.89 bits per heavy atom. The number of carbonyl (C=O) groups excluding carboxylic acids is 1. The van der Waals surface area contributed by atoms with Crippen LogP contribution in [-0.2, 0) is 16.0 Å². The van der Waals surface area contributed by atoms with Gasteiger partial charge in [0.15, 0.2) is 0 Å². The van der Waals surface area contributed by atoms with Crippen LogP contribution in [0.3, 0.4) is 0 Å². The van der Waals surface area contributed by atoms with Crippen molar-refractivity contribution in [2.24, 2.45) is 5.41 Å². The Labute approximate surface area is 113 Å². The van der Waals surface area contributed by atoms with E-state index in [1.165, 1.54) is 11.1 Å². The molecule has 0 aliphatic carbocycles. The van der Waals surface area contributed by atoms with Crippen LogP contribution in [0.25, 0.3) is 0 Å². The number of hydrogen-bond donors (Lipinski definition) is 2. The molecule has 0 unspecified atom stereocenters. The lowest BCUT2D eigenvalue weighted by atomic mass is 9.89. The Balaban J connectivity index is 2.40. The lowest BCUT2D eigenvalue weighted by Gasteiger charge is -2.18. The minimum Gasteiger partial charge on any atom is -0.481 e. The van der Waals surface area contributed by atoms with Crippen molar-refractivity contribution in [2.75, 3.05) is 6.54 Å². The molecule has 0 fully saturated rings. The van der Waals surface area contributed by atoms with Crippen molar-refractivity contribution in [2.45, 2.75) is 33.6 Å². The van der Waals surface area contributed by atoms with E-state index in [0.717, 1.165) is 6.42 Å². The highest BCUT2D eigenvalue weighted by atomic mass is 16.4. The molecule has 4 heteroatoms. The van der Waals surface area contributed by atoms with E-state index < -0.39 is 11.4 Å². The molecule has 1 amide bonds. The summed E-state index contributed by atoms with van der Waals surface area (Å²) in [7, 11) is 0. The predicted octanol–water partition coefficient (Wildman–Crippen LogP) is 2.15. The van der Waals surface area contributed by atoms with Gasteiger partial charge in [-0.2, -0.15) is 0 Å². The smallest absolute Gasteiger partial charge is 0.309 e. The lowest BCUT2D eigenvalue weighted by Crippen LogP contribution is -2.34. The molecule has 2 N–H and O–H groups in total. The van der Waals surface area contributed by atoms with Crippen molar-refractivity contribution in [3.05, 3.63) is 35.4 Å². The minimum atomic E-state index is -1.02.